The predicted octanol–water partition coefficient (Wildman–Crippen LogP) is 8.02. The fourth-order valence-electron chi connectivity index (χ4n) is 6.27. The lowest BCUT2D eigenvalue weighted by molar-refractivity contribution is -0.123. The molecule has 12 heteroatoms. The maximum Gasteiger partial charge on any atom is 0.236 e. The summed E-state index contributed by atoms with van der Waals surface area (Å²) in [5.74, 6) is 1.20. The zero-order valence-corrected chi connectivity index (χ0v) is 35.3. The van der Waals surface area contributed by atoms with Crippen LogP contribution in [0.4, 0.5) is 11.4 Å². The third-order valence-corrected chi connectivity index (χ3v) is 9.61. The molecule has 0 saturated heterocycles. The summed E-state index contributed by atoms with van der Waals surface area (Å²) in [5.41, 5.74) is 11.8. The molecule has 55 heavy (non-hydrogen) atoms. The molecule has 2 heterocycles. The molecule has 0 aliphatic heterocycles. The minimum Gasteiger partial charge on any atom is -0.497 e. The van der Waals surface area contributed by atoms with E-state index in [0.29, 0.717) is 13.1 Å². The number of hydrogen-bond donors (Lipinski definition) is 5. The first-order valence-electron chi connectivity index (χ1n) is 19.3. The highest BCUT2D eigenvalue weighted by molar-refractivity contribution is 5.93. The van der Waals surface area contributed by atoms with Crippen LogP contribution in [0.2, 0.25) is 0 Å². The second-order valence-electron chi connectivity index (χ2n) is 16.5. The standard InChI is InChI=1S/C43H63N7O4.ClH/c1-27(47-34-25-31(53-9)23-29-15-18-36(42(3,4)5)49-39(29)34)13-11-21-45-38(51)20-17-33(44)41(52)46-22-12-14-28(2)48-35-26-32(54-10)24-30-16-19-37(43(6,7)8)50-40(30)35;/h15-16,18-19,23-28,33,47-48H,11-14,17,20-22,44H2,1-10H3,(H,45,51)(H,46,52);1H/t27?,28?,33-;/m0./s1. The second kappa shape index (κ2) is 20.0. The molecule has 2 unspecified atom stereocenters. The highest BCUT2D eigenvalue weighted by atomic mass is 35.5. The van der Waals surface area contributed by atoms with Gasteiger partial charge in [0, 0.05) is 76.7 Å². The van der Waals surface area contributed by atoms with Gasteiger partial charge in [-0.2, -0.15) is 0 Å². The molecule has 2 aromatic heterocycles. The molecule has 0 bridgehead atoms. The van der Waals surface area contributed by atoms with Crippen molar-refractivity contribution in [2.24, 2.45) is 5.73 Å². The first-order chi connectivity index (χ1) is 25.5. The quantitative estimate of drug-likeness (QED) is 0.0633. The number of nitrogens with zero attached hydrogens (tertiary/aromatic N) is 2. The molecule has 2 amide bonds. The second-order valence-corrected chi connectivity index (χ2v) is 16.5. The van der Waals surface area contributed by atoms with Gasteiger partial charge in [-0.25, -0.2) is 0 Å². The van der Waals surface area contributed by atoms with E-state index in [4.69, 9.17) is 25.2 Å². The molecule has 2 aromatic carbocycles. The molecule has 302 valence electrons. The number of benzene rings is 2. The van der Waals surface area contributed by atoms with Crippen molar-refractivity contribution in [3.8, 4) is 11.5 Å². The maximum absolute atomic E-state index is 12.7. The lowest BCUT2D eigenvalue weighted by atomic mass is 9.91. The summed E-state index contributed by atoms with van der Waals surface area (Å²) in [6, 6.07) is 15.8. The fraction of sp³-hybridized carbons (Fsp3) is 0.535. The van der Waals surface area contributed by atoms with E-state index in [0.717, 1.165) is 81.8 Å². The SMILES string of the molecule is COc1cc(NC(C)CCCNC(=O)CC[C@H](N)C(=O)NCCCC(C)Nc2cc(OC)cc3ccc(C(C)(C)C)nc23)c2nc(C(C)(C)C)ccc2c1.Cl. The molecule has 4 rings (SSSR count). The fourth-order valence-corrected chi connectivity index (χ4v) is 6.27. The zero-order chi connectivity index (χ0) is 39.6. The molecular formula is C43H64ClN7O4. The molecule has 0 aliphatic rings. The largest absolute Gasteiger partial charge is 0.497 e. The molecule has 11 nitrogen and oxygen atoms in total. The van der Waals surface area contributed by atoms with Crippen LogP contribution in [0, 0.1) is 0 Å². The van der Waals surface area contributed by atoms with Gasteiger partial charge in [-0.1, -0.05) is 53.7 Å². The van der Waals surface area contributed by atoms with Gasteiger partial charge < -0.3 is 36.5 Å². The zero-order valence-electron chi connectivity index (χ0n) is 34.5. The number of aromatic nitrogens is 2. The molecule has 0 fully saturated rings. The number of hydrogen-bond acceptors (Lipinski definition) is 9. The third kappa shape index (κ3) is 13.1. The highest BCUT2D eigenvalue weighted by Crippen LogP contribution is 2.33. The minimum absolute atomic E-state index is 0. The molecule has 0 aliphatic carbocycles. The summed E-state index contributed by atoms with van der Waals surface area (Å²) in [4.78, 5) is 35.2. The van der Waals surface area contributed by atoms with Gasteiger partial charge >= 0.3 is 0 Å². The van der Waals surface area contributed by atoms with Crippen LogP contribution in [-0.2, 0) is 20.4 Å². The number of amides is 2. The number of ether oxygens (including phenoxy) is 2. The number of anilines is 2. The maximum atomic E-state index is 12.7. The van der Waals surface area contributed by atoms with E-state index in [1.807, 2.05) is 24.3 Å². The summed E-state index contributed by atoms with van der Waals surface area (Å²) in [5, 5.41) is 15.2. The number of methoxy groups -OCH3 is 2. The van der Waals surface area contributed by atoms with Crippen LogP contribution < -0.4 is 36.5 Å². The van der Waals surface area contributed by atoms with E-state index in [2.05, 4.69) is 101 Å². The number of pyridine rings is 2. The third-order valence-electron chi connectivity index (χ3n) is 9.61. The van der Waals surface area contributed by atoms with Gasteiger partial charge in [-0.15, -0.1) is 12.4 Å². The average molecular weight is 778 g/mol. The first-order valence-corrected chi connectivity index (χ1v) is 19.3. The van der Waals surface area contributed by atoms with Gasteiger partial charge in [0.1, 0.15) is 11.5 Å². The van der Waals surface area contributed by atoms with E-state index < -0.39 is 6.04 Å². The Hall–Kier alpha value is -4.35. The number of halogens is 1. The molecule has 0 saturated carbocycles. The number of nitrogens with one attached hydrogen (secondary N) is 4. The summed E-state index contributed by atoms with van der Waals surface area (Å²) < 4.78 is 11.1. The monoisotopic (exact) mass is 777 g/mol. The Balaban J connectivity index is 0.00000812. The lowest BCUT2D eigenvalue weighted by Crippen LogP contribution is -2.42. The number of nitrogens with two attached hydrogens (primary N) is 1. The number of fused-ring (bicyclic) bond motifs is 2. The van der Waals surface area contributed by atoms with Crippen LogP contribution in [0.15, 0.2) is 48.5 Å². The Morgan fingerprint density at radius 1 is 0.691 bits per heavy atom. The Morgan fingerprint density at radius 2 is 1.13 bits per heavy atom. The topological polar surface area (TPSA) is 153 Å². The van der Waals surface area contributed by atoms with Gasteiger partial charge in [-0.3, -0.25) is 19.6 Å². The van der Waals surface area contributed by atoms with Crippen LogP contribution >= 0.6 is 12.4 Å². The van der Waals surface area contributed by atoms with Gasteiger partial charge in [-0.05, 0) is 70.2 Å². The van der Waals surface area contributed by atoms with Crippen LogP contribution in [0.25, 0.3) is 21.8 Å². The molecular weight excluding hydrogens is 714 g/mol. The van der Waals surface area contributed by atoms with Crippen molar-refractivity contribution >= 4 is 57.4 Å². The van der Waals surface area contributed by atoms with E-state index in [9.17, 15) is 9.59 Å². The average Bonchev–Trinajstić information content (AvgIpc) is 3.12. The molecule has 4 aromatic rings. The van der Waals surface area contributed by atoms with Crippen molar-refractivity contribution < 1.29 is 19.1 Å². The van der Waals surface area contributed by atoms with E-state index in [1.165, 1.54) is 0 Å². The Labute approximate surface area is 334 Å². The van der Waals surface area contributed by atoms with Crippen molar-refractivity contribution in [3.05, 3.63) is 59.9 Å². The van der Waals surface area contributed by atoms with Crippen LogP contribution in [0.1, 0.15) is 105 Å². The first kappa shape index (κ1) is 45.0. The van der Waals surface area contributed by atoms with Crippen molar-refractivity contribution in [1.29, 1.82) is 0 Å². The molecule has 6 N–H and O–H groups in total. The number of carbonyl (C=O) groups is 2. The predicted molar refractivity (Wildman–Crippen MR) is 229 cm³/mol. The summed E-state index contributed by atoms with van der Waals surface area (Å²) in [7, 11) is 3.33. The van der Waals surface area contributed by atoms with Gasteiger partial charge in [0.25, 0.3) is 0 Å². The lowest BCUT2D eigenvalue weighted by Gasteiger charge is -2.21. The van der Waals surface area contributed by atoms with Crippen molar-refractivity contribution in [2.45, 2.75) is 123 Å². The molecule has 0 spiro atoms. The van der Waals surface area contributed by atoms with Crippen LogP contribution in [-0.4, -0.2) is 67.2 Å². The van der Waals surface area contributed by atoms with Crippen molar-refractivity contribution in [1.82, 2.24) is 20.6 Å². The summed E-state index contributed by atoms with van der Waals surface area (Å²) in [6.45, 7) is 18.2. The van der Waals surface area contributed by atoms with Gasteiger partial charge in [0.2, 0.25) is 11.8 Å². The molecule has 3 atom stereocenters. The van der Waals surface area contributed by atoms with Crippen molar-refractivity contribution in [2.75, 3.05) is 37.9 Å². The number of rotatable bonds is 18. The van der Waals surface area contributed by atoms with E-state index >= 15 is 0 Å². The smallest absolute Gasteiger partial charge is 0.236 e. The molecule has 0 radical (unpaired) electrons. The Kier molecular flexibility index (Phi) is 16.4. The minimum atomic E-state index is -0.744. The van der Waals surface area contributed by atoms with Gasteiger partial charge in [0.05, 0.1) is 42.7 Å². The van der Waals surface area contributed by atoms with E-state index in [1.54, 1.807) is 14.2 Å². The highest BCUT2D eigenvalue weighted by Gasteiger charge is 2.20. The van der Waals surface area contributed by atoms with Gasteiger partial charge in [0.15, 0.2) is 0 Å². The Bertz CT molecular complexity index is 1890. The van der Waals surface area contributed by atoms with E-state index in [-0.39, 0.29) is 60.0 Å². The number of carbonyl (C=O) groups excluding carboxylic acids is 2. The Morgan fingerprint density at radius 3 is 1.55 bits per heavy atom. The van der Waals surface area contributed by atoms with Crippen LogP contribution in [0.5, 0.6) is 11.5 Å². The van der Waals surface area contributed by atoms with Crippen LogP contribution in [0.3, 0.4) is 0 Å². The van der Waals surface area contributed by atoms with Crippen molar-refractivity contribution in [3.63, 3.8) is 0 Å². The summed E-state index contributed by atoms with van der Waals surface area (Å²) >= 11 is 0. The summed E-state index contributed by atoms with van der Waals surface area (Å²) in [6.07, 6.45) is 3.72. The normalized spacial score (nSPS) is 13.4.